The quantitative estimate of drug-likeness (QED) is 0.587. The lowest BCUT2D eigenvalue weighted by Gasteiger charge is -2.30. The maximum Gasteiger partial charge on any atom is 0.407 e. The molecule has 10 heteroatoms. The fourth-order valence-corrected chi connectivity index (χ4v) is 4.29. The van der Waals surface area contributed by atoms with E-state index in [1.54, 1.807) is 0 Å². The molecule has 7 nitrogen and oxygen atoms in total. The molecule has 168 valence electrons. The van der Waals surface area contributed by atoms with Crippen LogP contribution < -0.4 is 15.5 Å². The zero-order valence-electron chi connectivity index (χ0n) is 17.5. The number of rotatable bonds is 6. The van der Waals surface area contributed by atoms with Crippen molar-refractivity contribution in [1.29, 1.82) is 0 Å². The van der Waals surface area contributed by atoms with Gasteiger partial charge in [-0.15, -0.1) is 0 Å². The highest BCUT2D eigenvalue weighted by Crippen LogP contribution is 2.30. The smallest absolute Gasteiger partial charge is 0.407 e. The molecule has 0 atom stereocenters. The fourth-order valence-electron chi connectivity index (χ4n) is 4.13. The molecule has 1 aromatic heterocycles. The SMILES string of the molecule is CN(C)c1nc(NC2CCC(CNC(=O)OCC(Cl)(Cl)Cl)CC2)nc2c1CCCC2. The number of carbonyl (C=O) groups is 1. The molecule has 3 rings (SSSR count). The molecule has 0 aliphatic heterocycles. The first-order chi connectivity index (χ1) is 14.2. The second-order valence-corrected chi connectivity index (χ2v) is 10.8. The Bertz CT molecular complexity index is 734. The summed E-state index contributed by atoms with van der Waals surface area (Å²) >= 11 is 16.7. The number of halogens is 3. The van der Waals surface area contributed by atoms with Gasteiger partial charge in [-0.25, -0.2) is 9.78 Å². The molecule has 1 fully saturated rings. The molecule has 30 heavy (non-hydrogen) atoms. The van der Waals surface area contributed by atoms with Gasteiger partial charge in [0.15, 0.2) is 0 Å². The molecule has 0 radical (unpaired) electrons. The van der Waals surface area contributed by atoms with Crippen molar-refractivity contribution in [1.82, 2.24) is 15.3 Å². The van der Waals surface area contributed by atoms with Gasteiger partial charge in [-0.1, -0.05) is 34.8 Å². The number of hydrogen-bond acceptors (Lipinski definition) is 6. The third-order valence-electron chi connectivity index (χ3n) is 5.67. The highest BCUT2D eigenvalue weighted by atomic mass is 35.6. The van der Waals surface area contributed by atoms with Crippen molar-refractivity contribution in [2.24, 2.45) is 5.92 Å². The number of nitrogens with zero attached hydrogens (tertiary/aromatic N) is 3. The number of nitrogens with one attached hydrogen (secondary N) is 2. The molecule has 0 unspecified atom stereocenters. The lowest BCUT2D eigenvalue weighted by atomic mass is 9.86. The van der Waals surface area contributed by atoms with Gasteiger partial charge in [0.2, 0.25) is 9.74 Å². The Labute approximate surface area is 193 Å². The first-order valence-electron chi connectivity index (χ1n) is 10.5. The molecular formula is C20H30Cl3N5O2. The average molecular weight is 479 g/mol. The first-order valence-corrected chi connectivity index (χ1v) is 11.7. The predicted molar refractivity (Wildman–Crippen MR) is 122 cm³/mol. The van der Waals surface area contributed by atoms with Crippen molar-refractivity contribution in [3.63, 3.8) is 0 Å². The van der Waals surface area contributed by atoms with E-state index >= 15 is 0 Å². The maximum absolute atomic E-state index is 11.7. The number of alkyl carbamates (subject to hydrolysis) is 1. The van der Waals surface area contributed by atoms with Gasteiger partial charge in [0.25, 0.3) is 0 Å². The van der Waals surface area contributed by atoms with E-state index in [4.69, 9.17) is 49.5 Å². The van der Waals surface area contributed by atoms with Gasteiger partial charge in [0.1, 0.15) is 12.4 Å². The van der Waals surface area contributed by atoms with Crippen LogP contribution in [0.4, 0.5) is 16.6 Å². The summed E-state index contributed by atoms with van der Waals surface area (Å²) in [4.78, 5) is 23.4. The third kappa shape index (κ3) is 6.92. The van der Waals surface area contributed by atoms with E-state index in [0.29, 0.717) is 18.5 Å². The van der Waals surface area contributed by atoms with Crippen LogP contribution in [0, 0.1) is 5.92 Å². The highest BCUT2D eigenvalue weighted by molar-refractivity contribution is 6.67. The molecule has 0 aromatic carbocycles. The number of anilines is 2. The summed E-state index contributed by atoms with van der Waals surface area (Å²) in [6, 6.07) is 0.342. The number of alkyl halides is 3. The molecule has 0 bridgehead atoms. The van der Waals surface area contributed by atoms with Gasteiger partial charge in [-0.3, -0.25) is 0 Å². The summed E-state index contributed by atoms with van der Waals surface area (Å²) in [5.41, 5.74) is 2.49. The van der Waals surface area contributed by atoms with Crippen molar-refractivity contribution in [2.75, 3.05) is 37.5 Å². The lowest BCUT2D eigenvalue weighted by molar-refractivity contribution is 0.145. The van der Waals surface area contributed by atoms with E-state index in [-0.39, 0.29) is 6.61 Å². The van der Waals surface area contributed by atoms with E-state index < -0.39 is 9.89 Å². The molecule has 1 saturated carbocycles. The minimum Gasteiger partial charge on any atom is -0.445 e. The Morgan fingerprint density at radius 3 is 2.50 bits per heavy atom. The first kappa shape index (κ1) is 23.5. The Balaban J connectivity index is 1.47. The van der Waals surface area contributed by atoms with Gasteiger partial charge in [-0.2, -0.15) is 4.98 Å². The number of amides is 1. The second-order valence-electron chi connectivity index (χ2n) is 8.33. The maximum atomic E-state index is 11.7. The minimum absolute atomic E-state index is 0.268. The molecule has 1 aromatic rings. The second kappa shape index (κ2) is 10.4. The molecule has 1 heterocycles. The Hall–Kier alpha value is -1.18. The van der Waals surface area contributed by atoms with Crippen LogP contribution in [0.3, 0.4) is 0 Å². The van der Waals surface area contributed by atoms with Crippen LogP contribution >= 0.6 is 34.8 Å². The van der Waals surface area contributed by atoms with Crippen molar-refractivity contribution in [2.45, 2.75) is 61.2 Å². The summed E-state index contributed by atoms with van der Waals surface area (Å²) < 4.78 is 3.30. The minimum atomic E-state index is -1.59. The zero-order valence-corrected chi connectivity index (χ0v) is 19.8. The number of fused-ring (bicyclic) bond motifs is 1. The van der Waals surface area contributed by atoms with E-state index in [1.165, 1.54) is 24.1 Å². The van der Waals surface area contributed by atoms with E-state index in [1.807, 2.05) is 14.1 Å². The van der Waals surface area contributed by atoms with Crippen LogP contribution in [0.25, 0.3) is 0 Å². The Kier molecular flexibility index (Phi) is 8.16. The normalized spacial score (nSPS) is 21.5. The zero-order chi connectivity index (χ0) is 21.7. The molecule has 2 aliphatic carbocycles. The van der Waals surface area contributed by atoms with Crippen LogP contribution in [0.1, 0.15) is 49.8 Å². The summed E-state index contributed by atoms with van der Waals surface area (Å²) in [7, 11) is 4.08. The Morgan fingerprint density at radius 1 is 1.13 bits per heavy atom. The van der Waals surface area contributed by atoms with Crippen molar-refractivity contribution < 1.29 is 9.53 Å². The molecule has 0 saturated heterocycles. The molecule has 2 N–H and O–H groups in total. The Morgan fingerprint density at radius 2 is 1.83 bits per heavy atom. The predicted octanol–water partition coefficient (Wildman–Crippen LogP) is 4.49. The number of aryl methyl sites for hydroxylation is 1. The lowest BCUT2D eigenvalue weighted by Crippen LogP contribution is -2.35. The van der Waals surface area contributed by atoms with Crippen molar-refractivity contribution in [3.8, 4) is 0 Å². The summed E-state index contributed by atoms with van der Waals surface area (Å²) in [5, 5.41) is 6.30. The fraction of sp³-hybridized carbons (Fsp3) is 0.750. The van der Waals surface area contributed by atoms with Crippen molar-refractivity contribution in [3.05, 3.63) is 11.3 Å². The van der Waals surface area contributed by atoms with E-state index in [2.05, 4.69) is 15.5 Å². The summed E-state index contributed by atoms with van der Waals surface area (Å²) in [5.74, 6) is 2.18. The van der Waals surface area contributed by atoms with Gasteiger partial charge >= 0.3 is 6.09 Å². The topological polar surface area (TPSA) is 79.4 Å². The largest absolute Gasteiger partial charge is 0.445 e. The van der Waals surface area contributed by atoms with Crippen LogP contribution in [-0.4, -0.2) is 53.1 Å². The van der Waals surface area contributed by atoms with E-state index in [9.17, 15) is 4.79 Å². The standard InChI is InChI=1S/C20H30Cl3N5O2/c1-28(2)17-15-5-3-4-6-16(15)26-18(27-17)25-14-9-7-13(8-10-14)11-24-19(29)30-12-20(21,22)23/h13-14H,3-12H2,1-2H3,(H,24,29)(H,25,26,27). The monoisotopic (exact) mass is 477 g/mol. The van der Waals surface area contributed by atoms with E-state index in [0.717, 1.165) is 50.3 Å². The number of aromatic nitrogens is 2. The number of hydrogen-bond donors (Lipinski definition) is 2. The highest BCUT2D eigenvalue weighted by Gasteiger charge is 2.25. The summed E-state index contributed by atoms with van der Waals surface area (Å²) in [6.45, 7) is 0.293. The van der Waals surface area contributed by atoms with Crippen LogP contribution in [-0.2, 0) is 17.6 Å². The van der Waals surface area contributed by atoms with Crippen LogP contribution in [0.15, 0.2) is 0 Å². The van der Waals surface area contributed by atoms with Crippen LogP contribution in [0.2, 0.25) is 0 Å². The molecule has 2 aliphatic rings. The van der Waals surface area contributed by atoms with Gasteiger partial charge in [-0.05, 0) is 57.3 Å². The number of ether oxygens (including phenoxy) is 1. The molecule has 1 amide bonds. The number of carbonyl (C=O) groups excluding carboxylic acids is 1. The molecular weight excluding hydrogens is 449 g/mol. The third-order valence-corrected chi connectivity index (χ3v) is 5.99. The van der Waals surface area contributed by atoms with Gasteiger partial charge < -0.3 is 20.3 Å². The van der Waals surface area contributed by atoms with Gasteiger partial charge in [0, 0.05) is 32.2 Å². The van der Waals surface area contributed by atoms with Gasteiger partial charge in [0.05, 0.1) is 5.69 Å². The average Bonchev–Trinajstić information content (AvgIpc) is 2.70. The van der Waals surface area contributed by atoms with Crippen molar-refractivity contribution >= 4 is 52.7 Å². The van der Waals surface area contributed by atoms with Crippen LogP contribution in [0.5, 0.6) is 0 Å². The summed E-state index contributed by atoms with van der Waals surface area (Å²) in [6.07, 6.45) is 7.96. The molecule has 0 spiro atoms.